The first-order valence-electron chi connectivity index (χ1n) is 10.1. The predicted molar refractivity (Wildman–Crippen MR) is 123 cm³/mol. The fourth-order valence-electron chi connectivity index (χ4n) is 3.14. The lowest BCUT2D eigenvalue weighted by molar-refractivity contribution is -0.114. The maximum absolute atomic E-state index is 12.8. The number of amides is 2. The Bertz CT molecular complexity index is 1010. The molecule has 0 fully saturated rings. The first-order valence-corrected chi connectivity index (χ1v) is 10.1. The molecular weight excluding hydrogens is 374 g/mol. The van der Waals surface area contributed by atoms with Crippen LogP contribution >= 0.6 is 0 Å². The van der Waals surface area contributed by atoms with Gasteiger partial charge >= 0.3 is 0 Å². The molecule has 2 N–H and O–H groups in total. The minimum Gasteiger partial charge on any atom is -0.376 e. The second-order valence-electron chi connectivity index (χ2n) is 7.16. The van der Waals surface area contributed by atoms with E-state index in [4.69, 9.17) is 0 Å². The summed E-state index contributed by atoms with van der Waals surface area (Å²) in [6.07, 6.45) is 0. The van der Waals surface area contributed by atoms with Gasteiger partial charge in [-0.2, -0.15) is 0 Å². The quantitative estimate of drug-likeness (QED) is 0.584. The number of benzene rings is 3. The second-order valence-corrected chi connectivity index (χ2v) is 7.16. The van der Waals surface area contributed by atoms with Gasteiger partial charge in [0.1, 0.15) is 0 Å². The van der Waals surface area contributed by atoms with Gasteiger partial charge in [0.05, 0.1) is 6.54 Å². The molecule has 0 bridgehead atoms. The highest BCUT2D eigenvalue weighted by Gasteiger charge is 2.15. The maximum atomic E-state index is 12.8. The van der Waals surface area contributed by atoms with Gasteiger partial charge in [0.2, 0.25) is 5.91 Å². The van der Waals surface area contributed by atoms with Crippen LogP contribution in [0.4, 0.5) is 17.1 Å². The third kappa shape index (κ3) is 5.26. The number of nitrogens with zero attached hydrogens (tertiary/aromatic N) is 1. The van der Waals surface area contributed by atoms with E-state index >= 15 is 0 Å². The van der Waals surface area contributed by atoms with Crippen molar-refractivity contribution in [3.8, 4) is 0 Å². The summed E-state index contributed by atoms with van der Waals surface area (Å²) in [5, 5.41) is 5.98. The standard InChI is InChI=1S/C25H27N3O2/c1-4-28(23-8-6-5-7-9-23)25(30)20-11-14-21(15-12-20)27-24(29)17-26-22-13-10-18(2)19(3)16-22/h5-16,26H,4,17H2,1-3H3,(H,27,29). The molecular formula is C25H27N3O2. The normalized spacial score (nSPS) is 10.4. The summed E-state index contributed by atoms with van der Waals surface area (Å²) >= 11 is 0. The van der Waals surface area contributed by atoms with Crippen molar-refractivity contribution in [2.24, 2.45) is 0 Å². The first-order chi connectivity index (χ1) is 14.5. The summed E-state index contributed by atoms with van der Waals surface area (Å²) in [7, 11) is 0. The van der Waals surface area contributed by atoms with E-state index in [1.165, 1.54) is 11.1 Å². The number of hydrogen-bond acceptors (Lipinski definition) is 3. The van der Waals surface area contributed by atoms with Crippen molar-refractivity contribution in [2.45, 2.75) is 20.8 Å². The minimum absolute atomic E-state index is 0.0713. The second kappa shape index (κ2) is 9.74. The van der Waals surface area contributed by atoms with Gasteiger partial charge in [0.25, 0.3) is 5.91 Å². The molecule has 3 aromatic carbocycles. The summed E-state index contributed by atoms with van der Waals surface area (Å²) in [4.78, 5) is 26.8. The lowest BCUT2D eigenvalue weighted by atomic mass is 10.1. The SMILES string of the molecule is CCN(C(=O)c1ccc(NC(=O)CNc2ccc(C)c(C)c2)cc1)c1ccccc1. The van der Waals surface area contributed by atoms with Gasteiger partial charge in [-0.05, 0) is 80.4 Å². The van der Waals surface area contributed by atoms with Crippen molar-refractivity contribution >= 4 is 28.9 Å². The zero-order valence-electron chi connectivity index (χ0n) is 17.6. The lowest BCUT2D eigenvalue weighted by Crippen LogP contribution is -2.30. The van der Waals surface area contributed by atoms with Gasteiger partial charge in [-0.1, -0.05) is 24.3 Å². The average molecular weight is 402 g/mol. The van der Waals surface area contributed by atoms with E-state index in [9.17, 15) is 9.59 Å². The Labute approximate surface area is 177 Å². The minimum atomic E-state index is -0.147. The molecule has 3 rings (SSSR count). The molecule has 0 radical (unpaired) electrons. The Morgan fingerprint density at radius 3 is 2.13 bits per heavy atom. The zero-order valence-corrected chi connectivity index (χ0v) is 17.6. The van der Waals surface area contributed by atoms with Crippen molar-refractivity contribution in [1.82, 2.24) is 0 Å². The van der Waals surface area contributed by atoms with E-state index in [1.54, 1.807) is 29.2 Å². The fraction of sp³-hybridized carbons (Fsp3) is 0.200. The molecule has 5 nitrogen and oxygen atoms in total. The largest absolute Gasteiger partial charge is 0.376 e. The number of anilines is 3. The van der Waals surface area contributed by atoms with Crippen LogP contribution in [0.15, 0.2) is 72.8 Å². The number of hydrogen-bond donors (Lipinski definition) is 2. The van der Waals surface area contributed by atoms with Gasteiger partial charge in [0.15, 0.2) is 0 Å². The Morgan fingerprint density at radius 2 is 1.50 bits per heavy atom. The summed E-state index contributed by atoms with van der Waals surface area (Å²) in [5.74, 6) is -0.218. The number of carbonyl (C=O) groups is 2. The van der Waals surface area contributed by atoms with Crippen LogP contribution in [-0.4, -0.2) is 24.9 Å². The van der Waals surface area contributed by atoms with E-state index in [2.05, 4.69) is 17.6 Å². The van der Waals surface area contributed by atoms with Crippen molar-refractivity contribution in [3.05, 3.63) is 89.5 Å². The van der Waals surface area contributed by atoms with E-state index in [-0.39, 0.29) is 18.4 Å². The highest BCUT2D eigenvalue weighted by Crippen LogP contribution is 2.18. The number of para-hydroxylation sites is 1. The molecule has 154 valence electrons. The number of rotatable bonds is 7. The van der Waals surface area contributed by atoms with Crippen LogP contribution in [0.5, 0.6) is 0 Å². The molecule has 0 spiro atoms. The molecule has 0 saturated carbocycles. The molecule has 0 aromatic heterocycles. The third-order valence-corrected chi connectivity index (χ3v) is 5.00. The van der Waals surface area contributed by atoms with E-state index in [0.29, 0.717) is 17.8 Å². The van der Waals surface area contributed by atoms with E-state index in [0.717, 1.165) is 11.4 Å². The molecule has 30 heavy (non-hydrogen) atoms. The van der Waals surface area contributed by atoms with Crippen LogP contribution in [-0.2, 0) is 4.79 Å². The highest BCUT2D eigenvalue weighted by molar-refractivity contribution is 6.06. The summed E-state index contributed by atoms with van der Waals surface area (Å²) < 4.78 is 0. The van der Waals surface area contributed by atoms with E-state index < -0.39 is 0 Å². The summed E-state index contributed by atoms with van der Waals surface area (Å²) in [6, 6.07) is 22.6. The Kier molecular flexibility index (Phi) is 6.86. The van der Waals surface area contributed by atoms with Crippen LogP contribution in [0.2, 0.25) is 0 Å². The van der Waals surface area contributed by atoms with Crippen LogP contribution in [0.3, 0.4) is 0 Å². The topological polar surface area (TPSA) is 61.4 Å². The zero-order chi connectivity index (χ0) is 21.5. The number of carbonyl (C=O) groups excluding carboxylic acids is 2. The molecule has 0 heterocycles. The predicted octanol–water partition coefficient (Wildman–Crippen LogP) is 5.02. The first kappa shape index (κ1) is 21.1. The average Bonchev–Trinajstić information content (AvgIpc) is 2.76. The molecule has 0 aliphatic rings. The summed E-state index contributed by atoms with van der Waals surface area (Å²) in [5.41, 5.74) is 5.40. The number of aryl methyl sites for hydroxylation is 2. The Morgan fingerprint density at radius 1 is 0.833 bits per heavy atom. The molecule has 0 aliphatic heterocycles. The summed E-state index contributed by atoms with van der Waals surface area (Å²) in [6.45, 7) is 6.79. The molecule has 3 aromatic rings. The monoisotopic (exact) mass is 401 g/mol. The van der Waals surface area contributed by atoms with Crippen LogP contribution < -0.4 is 15.5 Å². The Hall–Kier alpha value is -3.60. The van der Waals surface area contributed by atoms with Gasteiger partial charge in [0, 0.05) is 29.2 Å². The molecule has 0 aliphatic carbocycles. The molecule has 5 heteroatoms. The molecule has 0 atom stereocenters. The van der Waals surface area contributed by atoms with Gasteiger partial charge < -0.3 is 15.5 Å². The van der Waals surface area contributed by atoms with Crippen LogP contribution in [0.25, 0.3) is 0 Å². The van der Waals surface area contributed by atoms with Crippen molar-refractivity contribution in [2.75, 3.05) is 28.6 Å². The molecule has 2 amide bonds. The van der Waals surface area contributed by atoms with Crippen LogP contribution in [0, 0.1) is 13.8 Å². The molecule has 0 saturated heterocycles. The smallest absolute Gasteiger partial charge is 0.258 e. The van der Waals surface area contributed by atoms with Gasteiger partial charge in [-0.25, -0.2) is 0 Å². The Balaban J connectivity index is 1.58. The van der Waals surface area contributed by atoms with Crippen molar-refractivity contribution in [3.63, 3.8) is 0 Å². The highest BCUT2D eigenvalue weighted by atomic mass is 16.2. The lowest BCUT2D eigenvalue weighted by Gasteiger charge is -2.21. The fourth-order valence-corrected chi connectivity index (χ4v) is 3.14. The van der Waals surface area contributed by atoms with Crippen molar-refractivity contribution < 1.29 is 9.59 Å². The van der Waals surface area contributed by atoms with Crippen LogP contribution in [0.1, 0.15) is 28.4 Å². The van der Waals surface area contributed by atoms with Crippen molar-refractivity contribution in [1.29, 1.82) is 0 Å². The number of nitrogens with one attached hydrogen (secondary N) is 2. The maximum Gasteiger partial charge on any atom is 0.258 e. The van der Waals surface area contributed by atoms with Gasteiger partial charge in [-0.15, -0.1) is 0 Å². The van der Waals surface area contributed by atoms with Gasteiger partial charge in [-0.3, -0.25) is 9.59 Å². The van der Waals surface area contributed by atoms with E-state index in [1.807, 2.05) is 62.4 Å². The third-order valence-electron chi connectivity index (χ3n) is 5.00. The molecule has 0 unspecified atom stereocenters.